The van der Waals surface area contributed by atoms with Gasteiger partial charge in [0.25, 0.3) is 0 Å². The van der Waals surface area contributed by atoms with E-state index in [1.807, 2.05) is 28.8 Å². The highest BCUT2D eigenvalue weighted by atomic mass is 79.9. The fourth-order valence-corrected chi connectivity index (χ4v) is 4.84. The first-order valence-corrected chi connectivity index (χ1v) is 11.3. The predicted molar refractivity (Wildman–Crippen MR) is 125 cm³/mol. The van der Waals surface area contributed by atoms with Crippen LogP contribution in [0.5, 0.6) is 11.5 Å². The molecule has 0 saturated carbocycles. The number of piperidine rings is 1. The van der Waals surface area contributed by atoms with Crippen molar-refractivity contribution in [1.29, 1.82) is 0 Å². The van der Waals surface area contributed by atoms with Gasteiger partial charge in [-0.15, -0.1) is 0 Å². The SMILES string of the molecule is COc1ccc(CNc2nccn3c(C4CCC(CO)N(C(=O)O)C4)nc(Br)c23)c(OC)c1. The van der Waals surface area contributed by atoms with Gasteiger partial charge in [-0.25, -0.2) is 14.8 Å². The molecule has 2 unspecified atom stereocenters. The number of imidazole rings is 1. The van der Waals surface area contributed by atoms with Crippen LogP contribution in [0, 0.1) is 0 Å². The smallest absolute Gasteiger partial charge is 0.407 e. The number of nitrogens with zero attached hydrogens (tertiary/aromatic N) is 4. The van der Waals surface area contributed by atoms with E-state index in [4.69, 9.17) is 14.5 Å². The second-order valence-corrected chi connectivity index (χ2v) is 8.58. The van der Waals surface area contributed by atoms with E-state index in [9.17, 15) is 15.0 Å². The van der Waals surface area contributed by atoms with Crippen LogP contribution in [-0.2, 0) is 6.54 Å². The standard InChI is InChI=1S/C22H26BrN5O5/c1-32-16-6-4-13(17(9-16)33-2)10-25-20-18-19(23)26-21(27(18)8-7-24-20)14-3-5-15(12-29)28(11-14)22(30)31/h4,6-9,14-15,29H,3,5,10-12H2,1-2H3,(H,24,25)(H,30,31). The Morgan fingerprint density at radius 1 is 1.30 bits per heavy atom. The number of ether oxygens (including phenoxy) is 2. The maximum Gasteiger partial charge on any atom is 0.407 e. The number of likely N-dealkylation sites (tertiary alicyclic amines) is 1. The molecule has 1 aliphatic heterocycles. The molecule has 1 aromatic carbocycles. The van der Waals surface area contributed by atoms with Gasteiger partial charge >= 0.3 is 6.09 Å². The molecule has 2 atom stereocenters. The van der Waals surface area contributed by atoms with Gasteiger partial charge in [0.2, 0.25) is 0 Å². The fourth-order valence-electron chi connectivity index (χ4n) is 4.28. The molecule has 1 saturated heterocycles. The van der Waals surface area contributed by atoms with Crippen molar-refractivity contribution in [2.75, 3.05) is 32.7 Å². The number of hydrogen-bond donors (Lipinski definition) is 3. The third-order valence-corrected chi connectivity index (χ3v) is 6.56. The molecule has 1 aliphatic rings. The van der Waals surface area contributed by atoms with Crippen LogP contribution in [-0.4, -0.2) is 69.0 Å². The topological polar surface area (TPSA) is 121 Å². The Bertz CT molecular complexity index is 1150. The van der Waals surface area contributed by atoms with E-state index in [1.54, 1.807) is 20.4 Å². The molecule has 3 aromatic rings. The molecule has 1 amide bonds. The Balaban J connectivity index is 1.61. The zero-order chi connectivity index (χ0) is 23.5. The molecule has 0 spiro atoms. The number of nitrogens with one attached hydrogen (secondary N) is 1. The molecule has 1 fully saturated rings. The molecule has 0 bridgehead atoms. The van der Waals surface area contributed by atoms with Crippen molar-refractivity contribution in [3.05, 3.63) is 46.6 Å². The number of benzene rings is 1. The lowest BCUT2D eigenvalue weighted by molar-refractivity contribution is 0.0700. The molecule has 2 aromatic heterocycles. The van der Waals surface area contributed by atoms with E-state index >= 15 is 0 Å². The third-order valence-electron chi connectivity index (χ3n) is 6.01. The van der Waals surface area contributed by atoms with Crippen LogP contribution in [0.15, 0.2) is 35.2 Å². The Hall–Kier alpha value is -3.05. The van der Waals surface area contributed by atoms with Crippen molar-refractivity contribution in [2.45, 2.75) is 31.3 Å². The van der Waals surface area contributed by atoms with E-state index in [2.05, 4.69) is 26.2 Å². The minimum Gasteiger partial charge on any atom is -0.497 e. The van der Waals surface area contributed by atoms with Crippen molar-refractivity contribution < 1.29 is 24.5 Å². The first kappa shape index (κ1) is 23.1. The number of aliphatic hydroxyl groups is 1. The maximum atomic E-state index is 11.7. The lowest BCUT2D eigenvalue weighted by Crippen LogP contribution is -2.47. The zero-order valence-corrected chi connectivity index (χ0v) is 19.9. The Morgan fingerprint density at radius 2 is 2.12 bits per heavy atom. The molecule has 176 valence electrons. The van der Waals surface area contributed by atoms with Gasteiger partial charge in [0, 0.05) is 43.0 Å². The van der Waals surface area contributed by atoms with Crippen molar-refractivity contribution in [1.82, 2.24) is 19.3 Å². The van der Waals surface area contributed by atoms with Gasteiger partial charge < -0.3 is 29.9 Å². The summed E-state index contributed by atoms with van der Waals surface area (Å²) < 4.78 is 13.3. The minimum absolute atomic E-state index is 0.0976. The molecule has 3 heterocycles. The molecular formula is C22H26BrN5O5. The largest absolute Gasteiger partial charge is 0.497 e. The average Bonchev–Trinajstić information content (AvgIpc) is 3.19. The number of hydrogen-bond acceptors (Lipinski definition) is 7. The summed E-state index contributed by atoms with van der Waals surface area (Å²) in [4.78, 5) is 22.2. The average molecular weight is 520 g/mol. The monoisotopic (exact) mass is 519 g/mol. The normalized spacial score (nSPS) is 18.4. The van der Waals surface area contributed by atoms with Crippen LogP contribution in [0.25, 0.3) is 5.52 Å². The highest BCUT2D eigenvalue weighted by Gasteiger charge is 2.34. The predicted octanol–water partition coefficient (Wildman–Crippen LogP) is 3.34. The number of carboxylic acid groups (broad SMARTS) is 1. The summed E-state index contributed by atoms with van der Waals surface area (Å²) in [6, 6.07) is 5.25. The molecule has 11 heteroatoms. The maximum absolute atomic E-state index is 11.7. The molecule has 33 heavy (non-hydrogen) atoms. The van der Waals surface area contributed by atoms with Crippen LogP contribution in [0.2, 0.25) is 0 Å². The summed E-state index contributed by atoms with van der Waals surface area (Å²) in [6.45, 7) is 0.569. The highest BCUT2D eigenvalue weighted by Crippen LogP contribution is 2.34. The number of carbonyl (C=O) groups is 1. The van der Waals surface area contributed by atoms with Crippen LogP contribution in [0.3, 0.4) is 0 Å². The van der Waals surface area contributed by atoms with Crippen LogP contribution < -0.4 is 14.8 Å². The summed E-state index contributed by atoms with van der Waals surface area (Å²) in [6.07, 6.45) is 3.79. The lowest BCUT2D eigenvalue weighted by atomic mass is 9.92. The van der Waals surface area contributed by atoms with Gasteiger partial charge in [0.15, 0.2) is 5.82 Å². The van der Waals surface area contributed by atoms with E-state index in [0.29, 0.717) is 34.9 Å². The van der Waals surface area contributed by atoms with Gasteiger partial charge in [-0.3, -0.25) is 4.40 Å². The number of amides is 1. The van der Waals surface area contributed by atoms with Gasteiger partial charge in [0.1, 0.15) is 27.4 Å². The number of aromatic nitrogens is 3. The zero-order valence-electron chi connectivity index (χ0n) is 18.4. The molecule has 0 aliphatic carbocycles. The Morgan fingerprint density at radius 3 is 2.82 bits per heavy atom. The highest BCUT2D eigenvalue weighted by molar-refractivity contribution is 9.10. The number of aliphatic hydroxyl groups excluding tert-OH is 1. The summed E-state index contributed by atoms with van der Waals surface area (Å²) in [5.41, 5.74) is 1.71. The van der Waals surface area contributed by atoms with E-state index < -0.39 is 6.09 Å². The van der Waals surface area contributed by atoms with E-state index in [-0.39, 0.29) is 25.1 Å². The van der Waals surface area contributed by atoms with Crippen molar-refractivity contribution in [2.24, 2.45) is 0 Å². The van der Waals surface area contributed by atoms with Crippen molar-refractivity contribution >= 4 is 33.4 Å². The van der Waals surface area contributed by atoms with Gasteiger partial charge in [-0.05, 0) is 40.9 Å². The van der Waals surface area contributed by atoms with Gasteiger partial charge in [0.05, 0.1) is 26.9 Å². The second-order valence-electron chi connectivity index (χ2n) is 7.83. The quantitative estimate of drug-likeness (QED) is 0.434. The summed E-state index contributed by atoms with van der Waals surface area (Å²) >= 11 is 3.55. The molecule has 0 radical (unpaired) electrons. The Labute approximate surface area is 199 Å². The number of anilines is 1. The van der Waals surface area contributed by atoms with E-state index in [0.717, 1.165) is 23.3 Å². The van der Waals surface area contributed by atoms with Crippen LogP contribution >= 0.6 is 15.9 Å². The number of fused-ring (bicyclic) bond motifs is 1. The molecule has 10 nitrogen and oxygen atoms in total. The summed E-state index contributed by atoms with van der Waals surface area (Å²) in [5.74, 6) is 2.72. The number of rotatable bonds is 7. The van der Waals surface area contributed by atoms with Gasteiger partial charge in [-0.2, -0.15) is 0 Å². The van der Waals surface area contributed by atoms with Crippen LogP contribution in [0.1, 0.15) is 30.1 Å². The number of methoxy groups -OCH3 is 2. The van der Waals surface area contributed by atoms with Gasteiger partial charge in [-0.1, -0.05) is 0 Å². The first-order chi connectivity index (χ1) is 16.0. The minimum atomic E-state index is -1.03. The molecular weight excluding hydrogens is 494 g/mol. The van der Waals surface area contributed by atoms with Crippen molar-refractivity contribution in [3.8, 4) is 11.5 Å². The molecule has 3 N–H and O–H groups in total. The third kappa shape index (κ3) is 4.55. The summed E-state index contributed by atoms with van der Waals surface area (Å²) in [7, 11) is 3.22. The summed E-state index contributed by atoms with van der Waals surface area (Å²) in [5, 5.41) is 22.5. The Kier molecular flexibility index (Phi) is 6.89. The fraction of sp³-hybridized carbons (Fsp3) is 0.409. The molecule has 4 rings (SSSR count). The van der Waals surface area contributed by atoms with Crippen molar-refractivity contribution in [3.63, 3.8) is 0 Å². The second kappa shape index (κ2) is 9.84. The van der Waals surface area contributed by atoms with Crippen LogP contribution in [0.4, 0.5) is 10.6 Å². The lowest BCUT2D eigenvalue weighted by Gasteiger charge is -2.36. The number of halogens is 1. The van der Waals surface area contributed by atoms with E-state index in [1.165, 1.54) is 4.90 Å². The first-order valence-electron chi connectivity index (χ1n) is 10.5.